The largest absolute Gasteiger partial charge is 0.383 e. The highest BCUT2D eigenvalue weighted by Crippen LogP contribution is 2.30. The van der Waals surface area contributed by atoms with Crippen LogP contribution in [0.4, 0.5) is 0 Å². The van der Waals surface area contributed by atoms with Crippen molar-refractivity contribution in [2.24, 2.45) is 4.99 Å². The van der Waals surface area contributed by atoms with Crippen LogP contribution in [-0.2, 0) is 11.3 Å². The predicted octanol–water partition coefficient (Wildman–Crippen LogP) is 6.61. The quantitative estimate of drug-likeness (QED) is 0.268. The average molecular weight is 508 g/mol. The highest BCUT2D eigenvalue weighted by molar-refractivity contribution is 7.16. The minimum Gasteiger partial charge on any atom is -0.383 e. The lowest BCUT2D eigenvalue weighted by Crippen LogP contribution is -2.19. The van der Waals surface area contributed by atoms with Crippen molar-refractivity contribution >= 4 is 61.6 Å². The maximum absolute atomic E-state index is 13.6. The fraction of sp³-hybridized carbons (Fsp3) is 0.115. The van der Waals surface area contributed by atoms with Gasteiger partial charge in [0.1, 0.15) is 0 Å². The Morgan fingerprint density at radius 1 is 1.06 bits per heavy atom. The minimum atomic E-state index is -0.351. The van der Waals surface area contributed by atoms with Crippen molar-refractivity contribution in [2.45, 2.75) is 6.54 Å². The monoisotopic (exact) mass is 507 g/mol. The third kappa shape index (κ3) is 4.38. The second-order valence-electron chi connectivity index (χ2n) is 7.62. The van der Waals surface area contributed by atoms with Crippen molar-refractivity contribution < 1.29 is 9.53 Å². The third-order valence-corrected chi connectivity index (χ3v) is 6.96. The number of ether oxygens (including phenoxy) is 1. The van der Waals surface area contributed by atoms with Crippen molar-refractivity contribution in [1.29, 1.82) is 0 Å². The Hall–Kier alpha value is -3.03. The number of nitrogens with zero attached hydrogens (tertiary/aromatic N) is 3. The number of benzene rings is 3. The number of fused-ring (bicyclic) bond motifs is 2. The molecule has 170 valence electrons. The van der Waals surface area contributed by atoms with Crippen molar-refractivity contribution in [1.82, 2.24) is 9.55 Å². The van der Waals surface area contributed by atoms with E-state index in [4.69, 9.17) is 32.9 Å². The number of hydrogen-bond donors (Lipinski definition) is 0. The molecule has 1 amide bonds. The normalized spacial score (nSPS) is 12.0. The molecule has 0 aliphatic carbocycles. The molecule has 0 bridgehead atoms. The first-order valence-electron chi connectivity index (χ1n) is 10.6. The molecule has 0 fully saturated rings. The first-order valence-corrected chi connectivity index (χ1v) is 12.1. The van der Waals surface area contributed by atoms with Gasteiger partial charge in [-0.2, -0.15) is 4.99 Å². The zero-order valence-corrected chi connectivity index (χ0v) is 20.5. The van der Waals surface area contributed by atoms with Gasteiger partial charge in [0.15, 0.2) is 4.80 Å². The Balaban J connectivity index is 1.71. The van der Waals surface area contributed by atoms with Gasteiger partial charge >= 0.3 is 0 Å². The molecule has 5 rings (SSSR count). The highest BCUT2D eigenvalue weighted by atomic mass is 35.5. The van der Waals surface area contributed by atoms with Crippen LogP contribution in [0.3, 0.4) is 0 Å². The molecule has 0 aliphatic rings. The highest BCUT2D eigenvalue weighted by Gasteiger charge is 2.16. The van der Waals surface area contributed by atoms with E-state index >= 15 is 0 Å². The van der Waals surface area contributed by atoms with Crippen LogP contribution in [-0.4, -0.2) is 29.2 Å². The first kappa shape index (κ1) is 22.7. The SMILES string of the molecule is COCCn1c(=NC(=O)c2cc(-c3ccccc3)nc3ccccc23)sc2cc(Cl)cc(Cl)c21. The summed E-state index contributed by atoms with van der Waals surface area (Å²) in [6.45, 7) is 0.943. The smallest absolute Gasteiger partial charge is 0.280 e. The molecule has 2 aromatic heterocycles. The predicted molar refractivity (Wildman–Crippen MR) is 139 cm³/mol. The standard InChI is InChI=1S/C26H19Cl2N3O2S/c1-33-12-11-31-24-20(28)13-17(27)14-23(24)34-26(31)30-25(32)19-15-22(16-7-3-2-4-8-16)29-21-10-6-5-9-18(19)21/h2-10,13-15H,11-12H2,1H3. The summed E-state index contributed by atoms with van der Waals surface area (Å²) in [4.78, 5) is 23.4. The van der Waals surface area contributed by atoms with E-state index in [0.29, 0.717) is 33.6 Å². The summed E-state index contributed by atoms with van der Waals surface area (Å²) in [5.41, 5.74) is 3.66. The van der Waals surface area contributed by atoms with Crippen LogP contribution in [0.2, 0.25) is 10.0 Å². The van der Waals surface area contributed by atoms with Gasteiger partial charge in [0.25, 0.3) is 5.91 Å². The Bertz CT molecular complexity index is 1590. The number of methoxy groups -OCH3 is 1. The average Bonchev–Trinajstić information content (AvgIpc) is 3.19. The van der Waals surface area contributed by atoms with Crippen LogP contribution in [0, 0.1) is 0 Å². The van der Waals surface area contributed by atoms with Crippen molar-refractivity contribution in [3.63, 3.8) is 0 Å². The summed E-state index contributed by atoms with van der Waals surface area (Å²) < 4.78 is 8.03. The van der Waals surface area contributed by atoms with Crippen molar-refractivity contribution in [2.75, 3.05) is 13.7 Å². The van der Waals surface area contributed by atoms with E-state index in [9.17, 15) is 4.79 Å². The summed E-state index contributed by atoms with van der Waals surface area (Å²) in [6, 6.07) is 22.7. The number of hydrogen-bond acceptors (Lipinski definition) is 4. The minimum absolute atomic E-state index is 0.351. The van der Waals surface area contributed by atoms with Gasteiger partial charge in [-0.3, -0.25) is 4.79 Å². The van der Waals surface area contributed by atoms with E-state index < -0.39 is 0 Å². The molecule has 0 aliphatic heterocycles. The number of rotatable bonds is 5. The zero-order valence-electron chi connectivity index (χ0n) is 18.2. The third-order valence-electron chi connectivity index (χ3n) is 5.43. The molecule has 34 heavy (non-hydrogen) atoms. The Kier molecular flexibility index (Phi) is 6.48. The summed E-state index contributed by atoms with van der Waals surface area (Å²) in [7, 11) is 1.63. The van der Waals surface area contributed by atoms with Gasteiger partial charge in [0.05, 0.1) is 38.6 Å². The van der Waals surface area contributed by atoms with Crippen LogP contribution >= 0.6 is 34.5 Å². The lowest BCUT2D eigenvalue weighted by atomic mass is 10.0. The fourth-order valence-electron chi connectivity index (χ4n) is 3.86. The van der Waals surface area contributed by atoms with Gasteiger partial charge in [0.2, 0.25) is 0 Å². The second kappa shape index (κ2) is 9.68. The van der Waals surface area contributed by atoms with Crippen molar-refractivity contribution in [3.05, 3.63) is 93.2 Å². The molecule has 0 atom stereocenters. The Labute approximate surface area is 209 Å². The van der Waals surface area contributed by atoms with Crippen LogP contribution in [0.1, 0.15) is 10.4 Å². The Morgan fingerprint density at radius 2 is 1.82 bits per heavy atom. The fourth-order valence-corrected chi connectivity index (χ4v) is 5.70. The first-order chi connectivity index (χ1) is 16.5. The molecule has 8 heteroatoms. The van der Waals surface area contributed by atoms with Crippen LogP contribution < -0.4 is 4.80 Å². The molecule has 0 saturated carbocycles. The van der Waals surface area contributed by atoms with Crippen LogP contribution in [0.15, 0.2) is 77.8 Å². The van der Waals surface area contributed by atoms with E-state index in [-0.39, 0.29) is 5.91 Å². The number of aromatic nitrogens is 2. The van der Waals surface area contributed by atoms with E-state index in [2.05, 4.69) is 4.99 Å². The summed E-state index contributed by atoms with van der Waals surface area (Å²) in [6.07, 6.45) is 0. The molecule has 5 nitrogen and oxygen atoms in total. The zero-order chi connectivity index (χ0) is 23.7. The number of carbonyl (C=O) groups is 1. The molecule has 0 radical (unpaired) electrons. The second-order valence-corrected chi connectivity index (χ2v) is 9.47. The lowest BCUT2D eigenvalue weighted by molar-refractivity contribution is 0.0999. The van der Waals surface area contributed by atoms with E-state index in [0.717, 1.165) is 32.4 Å². The lowest BCUT2D eigenvalue weighted by Gasteiger charge is -2.08. The van der Waals surface area contributed by atoms with Gasteiger partial charge < -0.3 is 9.30 Å². The molecule has 5 aromatic rings. The number of halogens is 2. The van der Waals surface area contributed by atoms with Gasteiger partial charge in [-0.05, 0) is 24.3 Å². The summed E-state index contributed by atoms with van der Waals surface area (Å²) in [5.74, 6) is -0.351. The maximum Gasteiger partial charge on any atom is 0.280 e. The van der Waals surface area contributed by atoms with Gasteiger partial charge in [-0.15, -0.1) is 0 Å². The molecule has 0 N–H and O–H groups in total. The van der Waals surface area contributed by atoms with Gasteiger partial charge in [-0.1, -0.05) is 83.1 Å². The maximum atomic E-state index is 13.6. The number of amides is 1. The molecule has 2 heterocycles. The summed E-state index contributed by atoms with van der Waals surface area (Å²) >= 11 is 14.1. The van der Waals surface area contributed by atoms with Crippen LogP contribution in [0.25, 0.3) is 32.4 Å². The summed E-state index contributed by atoms with van der Waals surface area (Å²) in [5, 5.41) is 1.79. The molecular formula is C26H19Cl2N3O2S. The molecule has 0 spiro atoms. The molecule has 3 aromatic carbocycles. The van der Waals surface area contributed by atoms with Gasteiger partial charge in [-0.25, -0.2) is 4.98 Å². The number of para-hydroxylation sites is 1. The van der Waals surface area contributed by atoms with E-state index in [1.165, 1.54) is 11.3 Å². The van der Waals surface area contributed by atoms with Crippen molar-refractivity contribution in [3.8, 4) is 11.3 Å². The van der Waals surface area contributed by atoms with E-state index in [1.807, 2.05) is 65.2 Å². The topological polar surface area (TPSA) is 56.5 Å². The number of thiazole rings is 1. The number of pyridine rings is 1. The number of carbonyl (C=O) groups excluding carboxylic acids is 1. The molecule has 0 unspecified atom stereocenters. The van der Waals surface area contributed by atoms with Gasteiger partial charge in [0, 0.05) is 29.6 Å². The van der Waals surface area contributed by atoms with E-state index in [1.54, 1.807) is 19.2 Å². The Morgan fingerprint density at radius 3 is 2.62 bits per heavy atom. The van der Waals surface area contributed by atoms with Crippen LogP contribution in [0.5, 0.6) is 0 Å². The molecule has 0 saturated heterocycles. The molecular weight excluding hydrogens is 489 g/mol.